The molecule has 0 aromatic carbocycles. The van der Waals surface area contributed by atoms with Crippen LogP contribution >= 0.6 is 0 Å². The van der Waals surface area contributed by atoms with E-state index in [0.717, 1.165) is 0 Å². The van der Waals surface area contributed by atoms with Crippen molar-refractivity contribution in [2.24, 2.45) is 0 Å². The van der Waals surface area contributed by atoms with Crippen LogP contribution in [0.5, 0.6) is 0 Å². The molecule has 0 aliphatic heterocycles. The molecule has 0 rings (SSSR count). The fraction of sp³-hybridized carbons (Fsp3) is 0.800. The number of hydrogen-bond acceptors (Lipinski definition) is 5. The topological polar surface area (TPSA) is 102 Å². The standard InChI is InChI=1S/C10H19NO6S/c1-10(2,3)17-9(13)7(11-18(14)15)5-6-8(12)16-4/h7,11H,5-6H2,1-4H3,(H,14,15)/t7-/m0/s1. The molecular formula is C10H19NO6S. The summed E-state index contributed by atoms with van der Waals surface area (Å²) < 4.78 is 31.0. The third-order valence-electron chi connectivity index (χ3n) is 1.80. The summed E-state index contributed by atoms with van der Waals surface area (Å²) in [6.45, 7) is 5.04. The highest BCUT2D eigenvalue weighted by atomic mass is 32.2. The number of ether oxygens (including phenoxy) is 2. The van der Waals surface area contributed by atoms with E-state index in [1.165, 1.54) is 7.11 Å². The van der Waals surface area contributed by atoms with E-state index in [0.29, 0.717) is 0 Å². The number of nitrogens with one attached hydrogen (secondary N) is 1. The molecule has 0 bridgehead atoms. The van der Waals surface area contributed by atoms with Crippen LogP contribution in [-0.4, -0.2) is 39.5 Å². The van der Waals surface area contributed by atoms with Crippen molar-refractivity contribution in [1.29, 1.82) is 0 Å². The maximum Gasteiger partial charge on any atom is 0.324 e. The Morgan fingerprint density at radius 1 is 1.39 bits per heavy atom. The zero-order valence-electron chi connectivity index (χ0n) is 10.9. The molecule has 106 valence electrons. The van der Waals surface area contributed by atoms with Gasteiger partial charge in [-0.05, 0) is 27.2 Å². The maximum atomic E-state index is 11.7. The summed E-state index contributed by atoms with van der Waals surface area (Å²) >= 11 is -2.36. The van der Waals surface area contributed by atoms with Gasteiger partial charge in [0.05, 0.1) is 7.11 Å². The lowest BCUT2D eigenvalue weighted by molar-refractivity contribution is -0.157. The summed E-state index contributed by atoms with van der Waals surface area (Å²) in [5.41, 5.74) is -0.709. The predicted octanol–water partition coefficient (Wildman–Crippen LogP) is 0.376. The van der Waals surface area contributed by atoms with Crippen molar-refractivity contribution >= 4 is 23.2 Å². The number of esters is 2. The Bertz CT molecular complexity index is 325. The Hall–Kier alpha value is -0.990. The minimum atomic E-state index is -2.36. The summed E-state index contributed by atoms with van der Waals surface area (Å²) in [7, 11) is 1.22. The minimum absolute atomic E-state index is 0.0217. The molecule has 0 radical (unpaired) electrons. The first-order valence-corrected chi connectivity index (χ1v) is 6.43. The largest absolute Gasteiger partial charge is 0.469 e. The van der Waals surface area contributed by atoms with Gasteiger partial charge in [0.15, 0.2) is 0 Å². The summed E-state index contributed by atoms with van der Waals surface area (Å²) in [4.78, 5) is 22.7. The molecule has 0 aliphatic rings. The van der Waals surface area contributed by atoms with Crippen LogP contribution in [0.2, 0.25) is 0 Å². The molecule has 0 amide bonds. The highest BCUT2D eigenvalue weighted by molar-refractivity contribution is 7.77. The lowest BCUT2D eigenvalue weighted by atomic mass is 10.1. The summed E-state index contributed by atoms with van der Waals surface area (Å²) in [6, 6.07) is -1.03. The fourth-order valence-electron chi connectivity index (χ4n) is 1.08. The van der Waals surface area contributed by atoms with E-state index in [4.69, 9.17) is 9.29 Å². The van der Waals surface area contributed by atoms with Gasteiger partial charge in [0, 0.05) is 6.42 Å². The van der Waals surface area contributed by atoms with Gasteiger partial charge in [-0.15, -0.1) is 0 Å². The Morgan fingerprint density at radius 2 is 1.94 bits per heavy atom. The average Bonchev–Trinajstić information content (AvgIpc) is 2.20. The van der Waals surface area contributed by atoms with Gasteiger partial charge in [-0.25, -0.2) is 8.93 Å². The molecule has 0 saturated heterocycles. The molecule has 18 heavy (non-hydrogen) atoms. The predicted molar refractivity (Wildman–Crippen MR) is 64.8 cm³/mol. The maximum absolute atomic E-state index is 11.7. The second kappa shape index (κ2) is 7.45. The summed E-state index contributed by atoms with van der Waals surface area (Å²) in [6.07, 6.45) is -0.0293. The van der Waals surface area contributed by atoms with Gasteiger partial charge in [0.1, 0.15) is 11.6 Å². The van der Waals surface area contributed by atoms with Crippen LogP contribution in [0.3, 0.4) is 0 Å². The zero-order valence-corrected chi connectivity index (χ0v) is 11.7. The zero-order chi connectivity index (χ0) is 14.3. The first-order valence-electron chi connectivity index (χ1n) is 5.32. The van der Waals surface area contributed by atoms with E-state index in [-0.39, 0.29) is 12.8 Å². The third-order valence-corrected chi connectivity index (χ3v) is 2.29. The Morgan fingerprint density at radius 3 is 2.33 bits per heavy atom. The van der Waals surface area contributed by atoms with E-state index >= 15 is 0 Å². The molecule has 2 N–H and O–H groups in total. The van der Waals surface area contributed by atoms with Gasteiger partial charge in [-0.2, -0.15) is 0 Å². The molecule has 0 aliphatic carbocycles. The van der Waals surface area contributed by atoms with Crippen molar-refractivity contribution < 1.29 is 27.8 Å². The van der Waals surface area contributed by atoms with Gasteiger partial charge in [-0.1, -0.05) is 0 Å². The van der Waals surface area contributed by atoms with Crippen LogP contribution in [-0.2, 0) is 30.3 Å². The third kappa shape index (κ3) is 8.15. The van der Waals surface area contributed by atoms with E-state index in [1.54, 1.807) is 20.8 Å². The van der Waals surface area contributed by atoms with Crippen LogP contribution in [0.25, 0.3) is 0 Å². The highest BCUT2D eigenvalue weighted by Gasteiger charge is 2.26. The van der Waals surface area contributed by atoms with E-state index in [9.17, 15) is 13.8 Å². The van der Waals surface area contributed by atoms with E-state index < -0.39 is 34.8 Å². The van der Waals surface area contributed by atoms with Gasteiger partial charge < -0.3 is 9.47 Å². The van der Waals surface area contributed by atoms with Gasteiger partial charge >= 0.3 is 11.9 Å². The van der Waals surface area contributed by atoms with Crippen LogP contribution < -0.4 is 4.72 Å². The second-order valence-corrected chi connectivity index (χ2v) is 5.30. The van der Waals surface area contributed by atoms with Gasteiger partial charge in [0.25, 0.3) is 0 Å². The number of carbonyl (C=O) groups is 2. The molecule has 2 atom stereocenters. The smallest absolute Gasteiger partial charge is 0.324 e. The monoisotopic (exact) mass is 281 g/mol. The Kier molecular flexibility index (Phi) is 7.04. The number of methoxy groups -OCH3 is 1. The van der Waals surface area contributed by atoms with E-state index in [2.05, 4.69) is 9.46 Å². The first-order chi connectivity index (χ1) is 8.15. The van der Waals surface area contributed by atoms with Gasteiger partial charge in [-0.3, -0.25) is 14.1 Å². The van der Waals surface area contributed by atoms with Crippen molar-refractivity contribution in [3.05, 3.63) is 0 Å². The molecule has 0 spiro atoms. The average molecular weight is 281 g/mol. The lowest BCUT2D eigenvalue weighted by Gasteiger charge is -2.23. The van der Waals surface area contributed by atoms with Crippen molar-refractivity contribution in [2.45, 2.75) is 45.3 Å². The molecule has 0 aromatic heterocycles. The highest BCUT2D eigenvalue weighted by Crippen LogP contribution is 2.11. The first kappa shape index (κ1) is 17.0. The molecule has 0 fully saturated rings. The SMILES string of the molecule is COC(=O)CC[C@H](NS(=O)O)C(=O)OC(C)(C)C. The number of hydrogen-bond donors (Lipinski definition) is 2. The van der Waals surface area contributed by atoms with Crippen LogP contribution in [0.1, 0.15) is 33.6 Å². The molecule has 7 nitrogen and oxygen atoms in total. The van der Waals surface area contributed by atoms with Crippen molar-refractivity contribution in [3.63, 3.8) is 0 Å². The number of carbonyl (C=O) groups excluding carboxylic acids is 2. The fourth-order valence-corrected chi connectivity index (χ4v) is 1.54. The Balaban J connectivity index is 4.52. The van der Waals surface area contributed by atoms with Crippen LogP contribution in [0, 0.1) is 0 Å². The molecular weight excluding hydrogens is 262 g/mol. The second-order valence-electron chi connectivity index (χ2n) is 4.57. The van der Waals surface area contributed by atoms with E-state index in [1.807, 2.05) is 0 Å². The minimum Gasteiger partial charge on any atom is -0.469 e. The van der Waals surface area contributed by atoms with Crippen molar-refractivity contribution in [2.75, 3.05) is 7.11 Å². The summed E-state index contributed by atoms with van der Waals surface area (Å²) in [5, 5.41) is 0. The molecule has 0 saturated carbocycles. The van der Waals surface area contributed by atoms with Crippen molar-refractivity contribution in [3.8, 4) is 0 Å². The molecule has 8 heteroatoms. The quantitative estimate of drug-likeness (QED) is 0.539. The molecule has 1 unspecified atom stereocenters. The molecule has 0 aromatic rings. The van der Waals surface area contributed by atoms with Crippen molar-refractivity contribution in [1.82, 2.24) is 4.72 Å². The normalized spacial score (nSPS) is 14.7. The van der Waals surface area contributed by atoms with Gasteiger partial charge in [0.2, 0.25) is 11.3 Å². The van der Waals surface area contributed by atoms with Crippen LogP contribution in [0.15, 0.2) is 0 Å². The Labute approximate surface area is 109 Å². The van der Waals surface area contributed by atoms with Crippen LogP contribution in [0.4, 0.5) is 0 Å². The lowest BCUT2D eigenvalue weighted by Crippen LogP contribution is -2.42. The molecule has 0 heterocycles. The number of rotatable bonds is 6. The summed E-state index contributed by atoms with van der Waals surface area (Å²) in [5.74, 6) is -1.19.